The van der Waals surface area contributed by atoms with Crippen molar-refractivity contribution < 1.29 is 20.1 Å². The van der Waals surface area contributed by atoms with E-state index in [1.807, 2.05) is 18.2 Å². The molecule has 0 amide bonds. The van der Waals surface area contributed by atoms with Gasteiger partial charge in [-0.25, -0.2) is 4.79 Å². The second-order valence-electron chi connectivity index (χ2n) is 8.90. The Hall–Kier alpha value is -4.62. The third kappa shape index (κ3) is 4.84. The first-order valence-corrected chi connectivity index (χ1v) is 12.4. The number of phenols is 1. The first-order chi connectivity index (χ1) is 18.4. The molecule has 0 fully saturated rings. The van der Waals surface area contributed by atoms with Gasteiger partial charge in [0.2, 0.25) is 5.88 Å². The molecule has 1 heterocycles. The lowest BCUT2D eigenvalue weighted by molar-refractivity contribution is 0.0697. The number of halogens is 1. The van der Waals surface area contributed by atoms with Gasteiger partial charge in [0.15, 0.2) is 11.4 Å². The molecule has 7 nitrogen and oxygen atoms in total. The van der Waals surface area contributed by atoms with E-state index in [1.54, 1.807) is 36.4 Å². The molecule has 0 unspecified atom stereocenters. The van der Waals surface area contributed by atoms with Crippen molar-refractivity contribution in [3.63, 3.8) is 0 Å². The fourth-order valence-electron chi connectivity index (χ4n) is 4.47. The lowest BCUT2D eigenvalue weighted by Crippen LogP contribution is -1.95. The van der Waals surface area contributed by atoms with Crippen molar-refractivity contribution in [2.75, 3.05) is 0 Å². The van der Waals surface area contributed by atoms with Gasteiger partial charge in [-0.05, 0) is 53.4 Å². The van der Waals surface area contributed by atoms with Crippen LogP contribution in [0.4, 0.5) is 11.4 Å². The number of aromatic nitrogens is 1. The molecule has 0 saturated heterocycles. The molecule has 0 aliphatic rings. The molecule has 0 aliphatic heterocycles. The van der Waals surface area contributed by atoms with Crippen molar-refractivity contribution in [1.29, 1.82) is 0 Å². The minimum absolute atomic E-state index is 0.102. The zero-order valence-corrected chi connectivity index (χ0v) is 21.2. The van der Waals surface area contributed by atoms with Crippen LogP contribution in [0.1, 0.15) is 29.3 Å². The molecular formula is C30H24ClN3O4. The molecule has 0 saturated carbocycles. The molecule has 8 heteroatoms. The SMILES string of the molecule is CCCc1ccc(-c2cc(Cl)cc3c(N=Nc4cccc(-c5cccc(C(=O)O)c5)c4O)c(O)[nH]c23)cc1. The number of aryl methyl sites for hydroxylation is 1. The number of fused-ring (bicyclic) bond motifs is 1. The maximum Gasteiger partial charge on any atom is 0.335 e. The van der Waals surface area contributed by atoms with Crippen LogP contribution in [-0.4, -0.2) is 26.3 Å². The number of aromatic amines is 1. The van der Waals surface area contributed by atoms with Crippen molar-refractivity contribution in [3.8, 4) is 33.9 Å². The van der Waals surface area contributed by atoms with E-state index in [1.165, 1.54) is 17.7 Å². The highest BCUT2D eigenvalue weighted by atomic mass is 35.5. The molecule has 5 rings (SSSR count). The monoisotopic (exact) mass is 525 g/mol. The van der Waals surface area contributed by atoms with Crippen LogP contribution in [0.15, 0.2) is 89.1 Å². The summed E-state index contributed by atoms with van der Waals surface area (Å²) in [5, 5.41) is 40.4. The van der Waals surface area contributed by atoms with Gasteiger partial charge < -0.3 is 20.3 Å². The van der Waals surface area contributed by atoms with Crippen LogP contribution in [0.3, 0.4) is 0 Å². The second kappa shape index (κ2) is 10.4. The summed E-state index contributed by atoms with van der Waals surface area (Å²) in [5.74, 6) is -1.41. The Labute approximate surface area is 223 Å². The number of aromatic carboxylic acids is 1. The quantitative estimate of drug-likeness (QED) is 0.159. The zero-order valence-electron chi connectivity index (χ0n) is 20.4. The predicted molar refractivity (Wildman–Crippen MR) is 149 cm³/mol. The Bertz CT molecular complexity index is 1690. The number of azo groups is 1. The van der Waals surface area contributed by atoms with Crippen molar-refractivity contribution in [3.05, 3.63) is 95.0 Å². The minimum Gasteiger partial charge on any atom is -0.505 e. The lowest BCUT2D eigenvalue weighted by Gasteiger charge is -2.08. The third-order valence-electron chi connectivity index (χ3n) is 6.32. The first-order valence-electron chi connectivity index (χ1n) is 12.1. The average molecular weight is 526 g/mol. The number of carboxylic acid groups (broad SMARTS) is 1. The van der Waals surface area contributed by atoms with Gasteiger partial charge in [0.25, 0.3) is 0 Å². The smallest absolute Gasteiger partial charge is 0.335 e. The van der Waals surface area contributed by atoms with Crippen molar-refractivity contribution >= 4 is 39.8 Å². The number of benzene rings is 4. The number of carbonyl (C=O) groups is 1. The van der Waals surface area contributed by atoms with Crippen LogP contribution < -0.4 is 0 Å². The summed E-state index contributed by atoms with van der Waals surface area (Å²) in [5.41, 5.74) is 5.04. The standard InChI is InChI=1S/C30H24ClN3O4/c1-2-5-17-10-12-18(13-11-17)23-15-21(31)16-24-26(23)32-29(36)27(24)34-33-25-9-4-8-22(28(25)35)19-6-3-7-20(14-19)30(37)38/h3-4,6-16,32,35-36H,2,5H2,1H3,(H,37,38). The van der Waals surface area contributed by atoms with Crippen molar-refractivity contribution in [2.45, 2.75) is 19.8 Å². The number of aromatic hydroxyl groups is 2. The van der Waals surface area contributed by atoms with Gasteiger partial charge in [-0.2, -0.15) is 0 Å². The maximum absolute atomic E-state index is 11.4. The molecule has 1 aromatic heterocycles. The van der Waals surface area contributed by atoms with Crippen molar-refractivity contribution in [2.24, 2.45) is 10.2 Å². The molecule has 0 spiro atoms. The molecule has 0 atom stereocenters. The van der Waals surface area contributed by atoms with Gasteiger partial charge in [0.05, 0.1) is 11.1 Å². The van der Waals surface area contributed by atoms with Gasteiger partial charge >= 0.3 is 5.97 Å². The van der Waals surface area contributed by atoms with Crippen molar-refractivity contribution in [1.82, 2.24) is 4.98 Å². The predicted octanol–water partition coefficient (Wildman–Crippen LogP) is 8.63. The van der Waals surface area contributed by atoms with Crippen LogP contribution in [0.5, 0.6) is 11.6 Å². The van der Waals surface area contributed by atoms with Gasteiger partial charge in [-0.3, -0.25) is 0 Å². The number of carboxylic acids is 1. The van der Waals surface area contributed by atoms with Gasteiger partial charge in [0.1, 0.15) is 5.69 Å². The largest absolute Gasteiger partial charge is 0.505 e. The van der Waals surface area contributed by atoms with Gasteiger partial charge in [0, 0.05) is 21.5 Å². The molecule has 5 aromatic rings. The molecule has 4 N–H and O–H groups in total. The van der Waals surface area contributed by atoms with E-state index in [0.29, 0.717) is 27.1 Å². The van der Waals surface area contributed by atoms with E-state index >= 15 is 0 Å². The summed E-state index contributed by atoms with van der Waals surface area (Å²) in [7, 11) is 0. The molecule has 0 aliphatic carbocycles. The number of nitrogens with one attached hydrogen (secondary N) is 1. The third-order valence-corrected chi connectivity index (χ3v) is 6.54. The second-order valence-corrected chi connectivity index (χ2v) is 9.34. The minimum atomic E-state index is -1.06. The topological polar surface area (TPSA) is 118 Å². The molecule has 0 bridgehead atoms. The number of phenolic OH excluding ortho intramolecular Hbond substituents is 1. The maximum atomic E-state index is 11.4. The number of hydrogen-bond acceptors (Lipinski definition) is 5. The zero-order chi connectivity index (χ0) is 26.8. The number of rotatable bonds is 7. The number of H-pyrrole nitrogens is 1. The first kappa shape index (κ1) is 25.0. The molecule has 190 valence electrons. The molecular weight excluding hydrogens is 502 g/mol. The van der Waals surface area contributed by atoms with E-state index in [0.717, 1.165) is 24.0 Å². The van der Waals surface area contributed by atoms with Crippen LogP contribution in [-0.2, 0) is 6.42 Å². The summed E-state index contributed by atoms with van der Waals surface area (Å²) in [6, 6.07) is 22.9. The van der Waals surface area contributed by atoms with Crippen LogP contribution in [0, 0.1) is 0 Å². The average Bonchev–Trinajstić information content (AvgIpc) is 3.23. The Morgan fingerprint density at radius 3 is 2.39 bits per heavy atom. The summed E-state index contributed by atoms with van der Waals surface area (Å²) >= 11 is 6.45. The number of hydrogen-bond donors (Lipinski definition) is 4. The highest BCUT2D eigenvalue weighted by molar-refractivity contribution is 6.32. The van der Waals surface area contributed by atoms with Gasteiger partial charge in [-0.1, -0.05) is 73.5 Å². The molecule has 38 heavy (non-hydrogen) atoms. The van der Waals surface area contributed by atoms with Crippen LogP contribution in [0.2, 0.25) is 5.02 Å². The van der Waals surface area contributed by atoms with E-state index in [2.05, 4.69) is 34.3 Å². The highest BCUT2D eigenvalue weighted by Crippen LogP contribution is 2.44. The summed E-state index contributed by atoms with van der Waals surface area (Å²) in [4.78, 5) is 14.3. The Kier molecular flexibility index (Phi) is 6.85. The summed E-state index contributed by atoms with van der Waals surface area (Å²) < 4.78 is 0. The molecule has 0 radical (unpaired) electrons. The summed E-state index contributed by atoms with van der Waals surface area (Å²) in [6.45, 7) is 2.14. The fourth-order valence-corrected chi connectivity index (χ4v) is 4.69. The fraction of sp³-hybridized carbons (Fsp3) is 0.100. The van der Waals surface area contributed by atoms with Crippen LogP contribution in [0.25, 0.3) is 33.2 Å². The number of nitrogens with zero attached hydrogens (tertiary/aromatic N) is 2. The van der Waals surface area contributed by atoms with E-state index in [9.17, 15) is 20.1 Å². The number of para-hydroxylation sites is 1. The highest BCUT2D eigenvalue weighted by Gasteiger charge is 2.17. The van der Waals surface area contributed by atoms with Crippen LogP contribution >= 0.6 is 11.6 Å². The van der Waals surface area contributed by atoms with E-state index in [4.69, 9.17) is 11.6 Å². The van der Waals surface area contributed by atoms with E-state index in [-0.39, 0.29) is 28.6 Å². The Morgan fingerprint density at radius 2 is 1.66 bits per heavy atom. The Morgan fingerprint density at radius 1 is 0.895 bits per heavy atom. The Balaban J connectivity index is 1.54. The molecule has 4 aromatic carbocycles. The lowest BCUT2D eigenvalue weighted by atomic mass is 10.0. The summed E-state index contributed by atoms with van der Waals surface area (Å²) in [6.07, 6.45) is 2.06. The normalized spacial score (nSPS) is 11.4. The van der Waals surface area contributed by atoms with Gasteiger partial charge in [-0.15, -0.1) is 10.2 Å². The van der Waals surface area contributed by atoms with E-state index < -0.39 is 5.97 Å².